The minimum atomic E-state index is -0.132. The molecular formula is C18H24ClN5O2S. The van der Waals surface area contributed by atoms with Gasteiger partial charge in [-0.15, -0.1) is 10.2 Å². The number of aromatic nitrogens is 2. The maximum absolute atomic E-state index is 12.4. The number of halogens is 1. The van der Waals surface area contributed by atoms with Crippen LogP contribution in [0.25, 0.3) is 0 Å². The molecule has 9 heteroatoms. The molecule has 1 N–H and O–H groups in total. The Balaban J connectivity index is 1.63. The lowest BCUT2D eigenvalue weighted by Crippen LogP contribution is -2.46. The number of carbonyl (C=O) groups excluding carboxylic acids is 1. The number of aryl methyl sites for hydroxylation is 1. The Labute approximate surface area is 168 Å². The van der Waals surface area contributed by atoms with Crippen molar-refractivity contribution in [3.05, 3.63) is 29.1 Å². The molecule has 7 nitrogen and oxygen atoms in total. The minimum Gasteiger partial charge on any atom is -0.416 e. The predicted octanol–water partition coefficient (Wildman–Crippen LogP) is 3.16. The molecule has 0 bridgehead atoms. The van der Waals surface area contributed by atoms with Gasteiger partial charge in [0.2, 0.25) is 11.8 Å². The predicted molar refractivity (Wildman–Crippen MR) is 109 cm³/mol. The molecule has 146 valence electrons. The third-order valence-corrected chi connectivity index (χ3v) is 5.52. The van der Waals surface area contributed by atoms with Crippen molar-refractivity contribution in [3.8, 4) is 0 Å². The van der Waals surface area contributed by atoms with E-state index in [1.54, 1.807) is 6.07 Å². The molecule has 1 saturated heterocycles. The summed E-state index contributed by atoms with van der Waals surface area (Å²) in [7, 11) is 0. The molecular weight excluding hydrogens is 386 g/mol. The van der Waals surface area contributed by atoms with Crippen molar-refractivity contribution in [1.29, 1.82) is 0 Å². The van der Waals surface area contributed by atoms with E-state index in [0.29, 0.717) is 22.6 Å². The van der Waals surface area contributed by atoms with Gasteiger partial charge in [0.15, 0.2) is 0 Å². The standard InChI is InChI=1S/C18H24ClN5O2S/c1-3-17-21-22-18(26-17)27-12-16(25)20-14-11-13(19)5-6-15(14)24-9-7-23(4-2)8-10-24/h5-6,11H,3-4,7-10,12H2,1-2H3,(H,20,25). The lowest BCUT2D eigenvalue weighted by atomic mass is 10.2. The van der Waals surface area contributed by atoms with Crippen LogP contribution in [0.4, 0.5) is 11.4 Å². The fraction of sp³-hybridized carbons (Fsp3) is 0.500. The Morgan fingerprint density at radius 3 is 2.70 bits per heavy atom. The lowest BCUT2D eigenvalue weighted by Gasteiger charge is -2.36. The highest BCUT2D eigenvalue weighted by molar-refractivity contribution is 7.99. The maximum atomic E-state index is 12.4. The van der Waals surface area contributed by atoms with Crippen LogP contribution in [-0.2, 0) is 11.2 Å². The first-order valence-electron chi connectivity index (χ1n) is 9.11. The third kappa shape index (κ3) is 5.37. The van der Waals surface area contributed by atoms with Crippen molar-refractivity contribution >= 4 is 40.6 Å². The summed E-state index contributed by atoms with van der Waals surface area (Å²) in [6.45, 7) is 9.05. The first kappa shape index (κ1) is 20.0. The van der Waals surface area contributed by atoms with E-state index in [-0.39, 0.29) is 11.7 Å². The van der Waals surface area contributed by atoms with Crippen LogP contribution in [0.3, 0.4) is 0 Å². The second kappa shape index (κ2) is 9.43. The summed E-state index contributed by atoms with van der Waals surface area (Å²) in [5.41, 5.74) is 1.73. The molecule has 27 heavy (non-hydrogen) atoms. The molecule has 0 saturated carbocycles. The van der Waals surface area contributed by atoms with Crippen LogP contribution in [-0.4, -0.2) is 59.5 Å². The van der Waals surface area contributed by atoms with Gasteiger partial charge in [-0.3, -0.25) is 4.79 Å². The van der Waals surface area contributed by atoms with Crippen molar-refractivity contribution < 1.29 is 9.21 Å². The smallest absolute Gasteiger partial charge is 0.277 e. The molecule has 0 spiro atoms. The Morgan fingerprint density at radius 2 is 2.04 bits per heavy atom. The summed E-state index contributed by atoms with van der Waals surface area (Å²) in [6.07, 6.45) is 0.678. The number of thioether (sulfide) groups is 1. The molecule has 1 aliphatic heterocycles. The first-order valence-corrected chi connectivity index (χ1v) is 10.5. The molecule has 0 atom stereocenters. The van der Waals surface area contributed by atoms with E-state index in [1.165, 1.54) is 11.8 Å². The average molecular weight is 410 g/mol. The van der Waals surface area contributed by atoms with E-state index in [9.17, 15) is 4.79 Å². The molecule has 1 amide bonds. The number of hydrogen-bond donors (Lipinski definition) is 1. The number of likely N-dealkylation sites (N-methyl/N-ethyl adjacent to an activating group) is 1. The zero-order valence-corrected chi connectivity index (χ0v) is 17.1. The average Bonchev–Trinajstić information content (AvgIpc) is 3.15. The van der Waals surface area contributed by atoms with Gasteiger partial charge >= 0.3 is 0 Å². The normalized spacial score (nSPS) is 15.1. The van der Waals surface area contributed by atoms with Crippen LogP contribution < -0.4 is 10.2 Å². The van der Waals surface area contributed by atoms with E-state index in [2.05, 4.69) is 32.2 Å². The van der Waals surface area contributed by atoms with E-state index >= 15 is 0 Å². The minimum absolute atomic E-state index is 0.132. The van der Waals surface area contributed by atoms with Crippen LogP contribution in [0.1, 0.15) is 19.7 Å². The third-order valence-electron chi connectivity index (χ3n) is 4.47. The van der Waals surface area contributed by atoms with Gasteiger partial charge in [0.05, 0.1) is 17.1 Å². The number of nitrogens with zero attached hydrogens (tertiary/aromatic N) is 4. The molecule has 1 aromatic heterocycles. The molecule has 1 fully saturated rings. The zero-order valence-electron chi connectivity index (χ0n) is 15.6. The maximum Gasteiger partial charge on any atom is 0.277 e. The summed E-state index contributed by atoms with van der Waals surface area (Å²) in [5, 5.41) is 11.8. The van der Waals surface area contributed by atoms with E-state index in [1.807, 2.05) is 19.1 Å². The Bertz CT molecular complexity index is 777. The summed E-state index contributed by atoms with van der Waals surface area (Å²) in [4.78, 5) is 17.1. The van der Waals surface area contributed by atoms with Gasteiger partial charge < -0.3 is 19.5 Å². The van der Waals surface area contributed by atoms with Crippen LogP contribution in [0.15, 0.2) is 27.8 Å². The van der Waals surface area contributed by atoms with Crippen LogP contribution in [0.2, 0.25) is 5.02 Å². The highest BCUT2D eigenvalue weighted by Gasteiger charge is 2.19. The number of hydrogen-bond acceptors (Lipinski definition) is 7. The Hall–Kier alpha value is -1.77. The number of anilines is 2. The SMILES string of the molecule is CCc1nnc(SCC(=O)Nc2cc(Cl)ccc2N2CCN(CC)CC2)o1. The number of amides is 1. The second-order valence-corrected chi connectivity index (χ2v) is 7.60. The summed E-state index contributed by atoms with van der Waals surface area (Å²) in [6, 6.07) is 5.63. The van der Waals surface area contributed by atoms with Crippen molar-refractivity contribution in [3.63, 3.8) is 0 Å². The number of benzene rings is 1. The van der Waals surface area contributed by atoms with Gasteiger partial charge in [-0.05, 0) is 24.7 Å². The fourth-order valence-corrected chi connectivity index (χ4v) is 3.69. The van der Waals surface area contributed by atoms with Crippen molar-refractivity contribution in [1.82, 2.24) is 15.1 Å². The number of carbonyl (C=O) groups is 1. The van der Waals surface area contributed by atoms with Crippen LogP contribution in [0, 0.1) is 0 Å². The molecule has 0 radical (unpaired) electrons. The van der Waals surface area contributed by atoms with Gasteiger partial charge in [0, 0.05) is 37.6 Å². The van der Waals surface area contributed by atoms with Gasteiger partial charge in [0.1, 0.15) is 0 Å². The van der Waals surface area contributed by atoms with E-state index in [0.717, 1.165) is 44.1 Å². The molecule has 1 aliphatic rings. The summed E-state index contributed by atoms with van der Waals surface area (Å²) >= 11 is 7.39. The quantitative estimate of drug-likeness (QED) is 0.704. The van der Waals surface area contributed by atoms with E-state index < -0.39 is 0 Å². The molecule has 3 rings (SSSR count). The topological polar surface area (TPSA) is 74.5 Å². The Morgan fingerprint density at radius 1 is 1.26 bits per heavy atom. The Kier molecular flexibility index (Phi) is 6.98. The first-order chi connectivity index (χ1) is 13.1. The van der Waals surface area contributed by atoms with Gasteiger partial charge in [-0.1, -0.05) is 37.2 Å². The zero-order chi connectivity index (χ0) is 19.2. The molecule has 1 aromatic carbocycles. The van der Waals surface area contributed by atoms with Crippen LogP contribution in [0.5, 0.6) is 0 Å². The van der Waals surface area contributed by atoms with Gasteiger partial charge in [-0.2, -0.15) is 0 Å². The molecule has 0 aliphatic carbocycles. The highest BCUT2D eigenvalue weighted by atomic mass is 35.5. The number of rotatable bonds is 7. The molecule has 2 aromatic rings. The van der Waals surface area contributed by atoms with Gasteiger partial charge in [0.25, 0.3) is 5.22 Å². The van der Waals surface area contributed by atoms with Crippen LogP contribution >= 0.6 is 23.4 Å². The van der Waals surface area contributed by atoms with Gasteiger partial charge in [-0.25, -0.2) is 0 Å². The van der Waals surface area contributed by atoms with Crippen molar-refractivity contribution in [2.24, 2.45) is 0 Å². The summed E-state index contributed by atoms with van der Waals surface area (Å²) in [5.74, 6) is 0.634. The molecule has 2 heterocycles. The largest absolute Gasteiger partial charge is 0.416 e. The summed E-state index contributed by atoms with van der Waals surface area (Å²) < 4.78 is 5.42. The second-order valence-electron chi connectivity index (χ2n) is 6.23. The number of piperazine rings is 1. The lowest BCUT2D eigenvalue weighted by molar-refractivity contribution is -0.113. The highest BCUT2D eigenvalue weighted by Crippen LogP contribution is 2.30. The van der Waals surface area contributed by atoms with Crippen molar-refractivity contribution in [2.75, 3.05) is 48.7 Å². The monoisotopic (exact) mass is 409 g/mol. The fourth-order valence-electron chi connectivity index (χ4n) is 2.94. The van der Waals surface area contributed by atoms with E-state index in [4.69, 9.17) is 16.0 Å². The van der Waals surface area contributed by atoms with Crippen molar-refractivity contribution in [2.45, 2.75) is 25.5 Å². The number of nitrogens with one attached hydrogen (secondary N) is 1. The molecule has 0 unspecified atom stereocenters.